The van der Waals surface area contributed by atoms with E-state index in [-0.39, 0.29) is 18.8 Å². The molecule has 1 heterocycles. The van der Waals surface area contributed by atoms with Crippen LogP contribution in [-0.2, 0) is 32.4 Å². The van der Waals surface area contributed by atoms with Crippen LogP contribution in [0.25, 0.3) is 0 Å². The number of nitrogens with zero attached hydrogens (tertiary/aromatic N) is 1. The second-order valence-corrected chi connectivity index (χ2v) is 8.44. The summed E-state index contributed by atoms with van der Waals surface area (Å²) in [6.07, 6.45) is 1.76. The first-order valence-electron chi connectivity index (χ1n) is 8.70. The van der Waals surface area contributed by atoms with Gasteiger partial charge in [0, 0.05) is 12.1 Å². The quantitative estimate of drug-likeness (QED) is 0.519. The molecular weight excluding hydrogens is 382 g/mol. The number of esters is 1. The lowest BCUT2D eigenvalue weighted by Crippen LogP contribution is -2.27. The number of fused-ring (bicyclic) bond motifs is 1. The number of hydrogen-bond donors (Lipinski definition) is 0. The topological polar surface area (TPSA) is 90.0 Å². The van der Waals surface area contributed by atoms with E-state index in [4.69, 9.17) is 9.47 Å². The third kappa shape index (κ3) is 4.51. The lowest BCUT2D eigenvalue weighted by molar-refractivity contribution is -0.141. The molecule has 0 N–H and O–H groups in total. The van der Waals surface area contributed by atoms with Gasteiger partial charge in [0.1, 0.15) is 5.75 Å². The highest BCUT2D eigenvalue weighted by atomic mass is 32.2. The SMILES string of the molecule is COc1ccc(CC(=O)OCC(=O)c2ccc3c(c2)CCN3S(C)(=O)=O)cc1. The summed E-state index contributed by atoms with van der Waals surface area (Å²) in [6.45, 7) is 0.00617. The van der Waals surface area contributed by atoms with Crippen LogP contribution in [0.3, 0.4) is 0 Å². The van der Waals surface area contributed by atoms with Crippen molar-refractivity contribution in [2.45, 2.75) is 12.8 Å². The normalized spacial score (nSPS) is 13.1. The largest absolute Gasteiger partial charge is 0.497 e. The van der Waals surface area contributed by atoms with E-state index in [0.29, 0.717) is 30.0 Å². The van der Waals surface area contributed by atoms with E-state index in [1.165, 1.54) is 4.31 Å². The van der Waals surface area contributed by atoms with Crippen LogP contribution in [0.15, 0.2) is 42.5 Å². The van der Waals surface area contributed by atoms with Crippen LogP contribution in [0.2, 0.25) is 0 Å². The molecule has 0 fully saturated rings. The molecule has 0 aliphatic carbocycles. The minimum absolute atomic E-state index is 0.0603. The molecule has 1 aliphatic rings. The molecule has 1 aliphatic heterocycles. The molecule has 0 atom stereocenters. The fraction of sp³-hybridized carbons (Fsp3) is 0.300. The van der Waals surface area contributed by atoms with Crippen molar-refractivity contribution in [2.24, 2.45) is 0 Å². The van der Waals surface area contributed by atoms with Gasteiger partial charge >= 0.3 is 5.97 Å². The van der Waals surface area contributed by atoms with Gasteiger partial charge in [-0.2, -0.15) is 0 Å². The summed E-state index contributed by atoms with van der Waals surface area (Å²) in [4.78, 5) is 24.3. The van der Waals surface area contributed by atoms with Crippen LogP contribution in [0, 0.1) is 0 Å². The molecule has 28 heavy (non-hydrogen) atoms. The summed E-state index contributed by atoms with van der Waals surface area (Å²) in [5.41, 5.74) is 2.54. The first kappa shape index (κ1) is 19.9. The minimum Gasteiger partial charge on any atom is -0.497 e. The molecule has 2 aromatic rings. The van der Waals surface area contributed by atoms with Crippen molar-refractivity contribution in [1.82, 2.24) is 0 Å². The number of anilines is 1. The number of Topliss-reactive ketones (excluding diaryl/α,β-unsaturated/α-hetero) is 1. The highest BCUT2D eigenvalue weighted by Gasteiger charge is 2.26. The monoisotopic (exact) mass is 403 g/mol. The molecule has 148 valence electrons. The molecule has 3 rings (SSSR count). The van der Waals surface area contributed by atoms with Gasteiger partial charge in [0.05, 0.1) is 25.5 Å². The van der Waals surface area contributed by atoms with Crippen molar-refractivity contribution in [3.8, 4) is 5.75 Å². The minimum atomic E-state index is -3.33. The van der Waals surface area contributed by atoms with Crippen LogP contribution in [0.4, 0.5) is 5.69 Å². The number of benzene rings is 2. The van der Waals surface area contributed by atoms with Crippen molar-refractivity contribution in [3.05, 3.63) is 59.2 Å². The zero-order chi connectivity index (χ0) is 20.3. The summed E-state index contributed by atoms with van der Waals surface area (Å²) >= 11 is 0. The number of carbonyl (C=O) groups is 2. The Morgan fingerprint density at radius 1 is 1.11 bits per heavy atom. The van der Waals surface area contributed by atoms with Crippen LogP contribution in [0.1, 0.15) is 21.5 Å². The molecule has 0 spiro atoms. The van der Waals surface area contributed by atoms with Crippen molar-refractivity contribution in [1.29, 1.82) is 0 Å². The molecule has 0 radical (unpaired) electrons. The summed E-state index contributed by atoms with van der Waals surface area (Å²) in [5, 5.41) is 0. The predicted octanol–water partition coefficient (Wildman–Crippen LogP) is 1.99. The Labute approximate surface area is 163 Å². The number of ether oxygens (including phenoxy) is 2. The zero-order valence-corrected chi connectivity index (χ0v) is 16.5. The average Bonchev–Trinajstić information content (AvgIpc) is 3.10. The van der Waals surface area contributed by atoms with E-state index in [0.717, 1.165) is 17.4 Å². The van der Waals surface area contributed by atoms with E-state index in [1.807, 2.05) is 0 Å². The Kier molecular flexibility index (Phi) is 5.69. The third-order valence-electron chi connectivity index (χ3n) is 4.53. The fourth-order valence-corrected chi connectivity index (χ4v) is 4.04. The van der Waals surface area contributed by atoms with Crippen LogP contribution in [0.5, 0.6) is 5.75 Å². The maximum Gasteiger partial charge on any atom is 0.310 e. The van der Waals surface area contributed by atoms with E-state index in [1.54, 1.807) is 49.6 Å². The molecule has 0 amide bonds. The summed E-state index contributed by atoms with van der Waals surface area (Å²) < 4.78 is 35.0. The molecular formula is C20H21NO6S. The van der Waals surface area contributed by atoms with Gasteiger partial charge in [-0.1, -0.05) is 12.1 Å². The highest BCUT2D eigenvalue weighted by Crippen LogP contribution is 2.30. The van der Waals surface area contributed by atoms with Gasteiger partial charge in [-0.3, -0.25) is 13.9 Å². The van der Waals surface area contributed by atoms with Crippen LogP contribution >= 0.6 is 0 Å². The van der Waals surface area contributed by atoms with Crippen molar-refractivity contribution < 1.29 is 27.5 Å². The Bertz CT molecular complexity index is 998. The smallest absolute Gasteiger partial charge is 0.310 e. The summed E-state index contributed by atoms with van der Waals surface area (Å²) in [5.74, 6) is -0.134. The second-order valence-electron chi connectivity index (χ2n) is 6.54. The lowest BCUT2D eigenvalue weighted by Gasteiger charge is -2.16. The Balaban J connectivity index is 1.58. The fourth-order valence-electron chi connectivity index (χ4n) is 3.08. The van der Waals surface area contributed by atoms with E-state index < -0.39 is 16.0 Å². The number of methoxy groups -OCH3 is 1. The predicted molar refractivity (Wildman–Crippen MR) is 104 cm³/mol. The van der Waals surface area contributed by atoms with Gasteiger partial charge in [0.25, 0.3) is 0 Å². The Morgan fingerprint density at radius 3 is 2.46 bits per heavy atom. The van der Waals surface area contributed by atoms with Crippen molar-refractivity contribution >= 4 is 27.5 Å². The summed E-state index contributed by atoms with van der Waals surface area (Å²) in [6, 6.07) is 11.9. The molecule has 0 bridgehead atoms. The van der Waals surface area contributed by atoms with Gasteiger partial charge in [0.15, 0.2) is 12.4 Å². The lowest BCUT2D eigenvalue weighted by atomic mass is 10.1. The van der Waals surface area contributed by atoms with Gasteiger partial charge < -0.3 is 9.47 Å². The third-order valence-corrected chi connectivity index (χ3v) is 5.71. The Morgan fingerprint density at radius 2 is 1.82 bits per heavy atom. The number of sulfonamides is 1. The molecule has 0 saturated heterocycles. The van der Waals surface area contributed by atoms with Gasteiger partial charge in [-0.05, 0) is 47.9 Å². The number of rotatable bonds is 7. The zero-order valence-electron chi connectivity index (χ0n) is 15.7. The summed E-state index contributed by atoms with van der Waals surface area (Å²) in [7, 11) is -1.77. The molecule has 0 unspecified atom stereocenters. The van der Waals surface area contributed by atoms with Crippen molar-refractivity contribution in [3.63, 3.8) is 0 Å². The van der Waals surface area contributed by atoms with Gasteiger partial charge in [-0.15, -0.1) is 0 Å². The molecule has 2 aromatic carbocycles. The first-order valence-corrected chi connectivity index (χ1v) is 10.5. The van der Waals surface area contributed by atoms with Crippen LogP contribution in [-0.4, -0.2) is 46.7 Å². The van der Waals surface area contributed by atoms with E-state index in [2.05, 4.69) is 0 Å². The van der Waals surface area contributed by atoms with Crippen LogP contribution < -0.4 is 9.04 Å². The van der Waals surface area contributed by atoms with E-state index >= 15 is 0 Å². The Hall–Kier alpha value is -2.87. The van der Waals surface area contributed by atoms with E-state index in [9.17, 15) is 18.0 Å². The first-order chi connectivity index (χ1) is 13.3. The number of ketones is 1. The van der Waals surface area contributed by atoms with Gasteiger partial charge in [0.2, 0.25) is 10.0 Å². The molecule has 0 aromatic heterocycles. The maximum absolute atomic E-state index is 12.3. The maximum atomic E-state index is 12.3. The molecule has 7 nitrogen and oxygen atoms in total. The van der Waals surface area contributed by atoms with Gasteiger partial charge in [-0.25, -0.2) is 8.42 Å². The number of hydrogen-bond acceptors (Lipinski definition) is 6. The number of carbonyl (C=O) groups excluding carboxylic acids is 2. The standard InChI is InChI=1S/C20H21NO6S/c1-26-17-6-3-14(4-7-17)11-20(23)27-13-19(22)16-5-8-18-15(12-16)9-10-21(18)28(2,24)25/h3-8,12H,9-11,13H2,1-2H3. The molecule has 8 heteroatoms. The average molecular weight is 403 g/mol. The molecule has 0 saturated carbocycles. The second kappa shape index (κ2) is 8.02. The van der Waals surface area contributed by atoms with Crippen molar-refractivity contribution in [2.75, 3.05) is 30.8 Å². The highest BCUT2D eigenvalue weighted by molar-refractivity contribution is 7.92.